The van der Waals surface area contributed by atoms with Gasteiger partial charge in [0.15, 0.2) is 0 Å². The zero-order valence-corrected chi connectivity index (χ0v) is 10.6. The molecule has 0 aliphatic carbocycles. The number of nitrogens with zero attached hydrogens (tertiary/aromatic N) is 3. The summed E-state index contributed by atoms with van der Waals surface area (Å²) in [4.78, 5) is 8.75. The first-order valence-electron chi connectivity index (χ1n) is 6.49. The number of imidazole rings is 1. The van der Waals surface area contributed by atoms with Crippen LogP contribution < -0.4 is 5.32 Å². The fraction of sp³-hybridized carbons (Fsp3) is 0.429. The van der Waals surface area contributed by atoms with Gasteiger partial charge in [-0.3, -0.25) is 4.98 Å². The topological polar surface area (TPSA) is 42.7 Å². The van der Waals surface area contributed by atoms with E-state index in [4.69, 9.17) is 0 Å². The molecular formula is C14H18N4. The Kier molecular flexibility index (Phi) is 3.11. The van der Waals surface area contributed by atoms with Gasteiger partial charge in [-0.05, 0) is 37.9 Å². The predicted octanol–water partition coefficient (Wildman–Crippen LogP) is 2.06. The van der Waals surface area contributed by atoms with Gasteiger partial charge < -0.3 is 9.88 Å². The molecule has 4 heteroatoms. The molecule has 0 amide bonds. The molecule has 1 saturated heterocycles. The van der Waals surface area contributed by atoms with Crippen LogP contribution in [0.25, 0.3) is 0 Å². The van der Waals surface area contributed by atoms with Crippen LogP contribution in [0, 0.1) is 6.92 Å². The number of nitrogens with one attached hydrogen (secondary N) is 1. The molecule has 0 saturated carbocycles. The second-order valence-corrected chi connectivity index (χ2v) is 4.85. The van der Waals surface area contributed by atoms with Gasteiger partial charge in [0, 0.05) is 24.3 Å². The van der Waals surface area contributed by atoms with E-state index in [9.17, 15) is 0 Å². The van der Waals surface area contributed by atoms with E-state index in [1.165, 1.54) is 24.1 Å². The minimum atomic E-state index is 0.412. The molecule has 0 bridgehead atoms. The Hall–Kier alpha value is -1.68. The third-order valence-electron chi connectivity index (χ3n) is 3.52. The van der Waals surface area contributed by atoms with E-state index in [2.05, 4.69) is 32.8 Å². The van der Waals surface area contributed by atoms with E-state index in [1.807, 2.05) is 24.7 Å². The third kappa shape index (κ3) is 2.16. The van der Waals surface area contributed by atoms with E-state index in [-0.39, 0.29) is 0 Å². The molecule has 3 heterocycles. The first kappa shape index (κ1) is 11.4. The highest BCUT2D eigenvalue weighted by Gasteiger charge is 2.21. The van der Waals surface area contributed by atoms with E-state index < -0.39 is 0 Å². The maximum absolute atomic E-state index is 4.57. The Labute approximate surface area is 107 Å². The molecule has 0 radical (unpaired) electrons. The quantitative estimate of drug-likeness (QED) is 0.896. The Morgan fingerprint density at radius 2 is 2.39 bits per heavy atom. The molecule has 1 fully saturated rings. The first-order valence-corrected chi connectivity index (χ1v) is 6.49. The van der Waals surface area contributed by atoms with Gasteiger partial charge in [-0.1, -0.05) is 6.07 Å². The third-order valence-corrected chi connectivity index (χ3v) is 3.52. The lowest BCUT2D eigenvalue weighted by Gasteiger charge is -2.14. The number of aryl methyl sites for hydroxylation is 1. The smallest absolute Gasteiger partial charge is 0.126 e. The van der Waals surface area contributed by atoms with Crippen LogP contribution in [0.1, 0.15) is 36.0 Å². The SMILES string of the molecule is Cc1cnc(C2CCCN2)n1Cc1cccnc1. The van der Waals surface area contributed by atoms with Gasteiger partial charge >= 0.3 is 0 Å². The Balaban J connectivity index is 1.88. The van der Waals surface area contributed by atoms with Crippen molar-refractivity contribution in [3.05, 3.63) is 47.8 Å². The van der Waals surface area contributed by atoms with E-state index in [0.717, 1.165) is 18.9 Å². The van der Waals surface area contributed by atoms with Crippen molar-refractivity contribution in [1.29, 1.82) is 0 Å². The fourth-order valence-electron chi connectivity index (χ4n) is 2.54. The summed E-state index contributed by atoms with van der Waals surface area (Å²) in [6.45, 7) is 4.07. The molecule has 94 valence electrons. The van der Waals surface area contributed by atoms with Crippen LogP contribution in [-0.4, -0.2) is 21.1 Å². The molecule has 0 aromatic carbocycles. The average Bonchev–Trinajstić information content (AvgIpc) is 3.02. The van der Waals surface area contributed by atoms with Gasteiger partial charge in [-0.2, -0.15) is 0 Å². The average molecular weight is 242 g/mol. The summed E-state index contributed by atoms with van der Waals surface area (Å²) in [5.74, 6) is 1.16. The normalized spacial score (nSPS) is 19.3. The van der Waals surface area contributed by atoms with Gasteiger partial charge in [0.25, 0.3) is 0 Å². The molecule has 1 aliphatic heterocycles. The zero-order chi connectivity index (χ0) is 12.4. The number of rotatable bonds is 3. The Morgan fingerprint density at radius 1 is 1.44 bits per heavy atom. The molecule has 2 aromatic heterocycles. The van der Waals surface area contributed by atoms with Gasteiger partial charge in [-0.15, -0.1) is 0 Å². The fourth-order valence-corrected chi connectivity index (χ4v) is 2.54. The van der Waals surface area contributed by atoms with Crippen molar-refractivity contribution in [2.24, 2.45) is 0 Å². The van der Waals surface area contributed by atoms with Crippen molar-refractivity contribution in [2.75, 3.05) is 6.54 Å². The van der Waals surface area contributed by atoms with Crippen molar-refractivity contribution in [1.82, 2.24) is 19.9 Å². The Bertz CT molecular complexity index is 512. The molecular weight excluding hydrogens is 224 g/mol. The van der Waals surface area contributed by atoms with Crippen LogP contribution in [-0.2, 0) is 6.54 Å². The monoisotopic (exact) mass is 242 g/mol. The van der Waals surface area contributed by atoms with E-state index in [0.29, 0.717) is 6.04 Å². The van der Waals surface area contributed by atoms with Crippen LogP contribution in [0.15, 0.2) is 30.7 Å². The second kappa shape index (κ2) is 4.90. The molecule has 3 rings (SSSR count). The first-order chi connectivity index (χ1) is 8.84. The van der Waals surface area contributed by atoms with Crippen molar-refractivity contribution >= 4 is 0 Å². The molecule has 1 N–H and O–H groups in total. The molecule has 4 nitrogen and oxygen atoms in total. The number of hydrogen-bond donors (Lipinski definition) is 1. The van der Waals surface area contributed by atoms with E-state index >= 15 is 0 Å². The largest absolute Gasteiger partial charge is 0.327 e. The number of aromatic nitrogens is 3. The van der Waals surface area contributed by atoms with Crippen molar-refractivity contribution in [3.8, 4) is 0 Å². The number of hydrogen-bond acceptors (Lipinski definition) is 3. The van der Waals surface area contributed by atoms with Crippen LogP contribution in [0.4, 0.5) is 0 Å². The van der Waals surface area contributed by atoms with Crippen molar-refractivity contribution in [2.45, 2.75) is 32.4 Å². The Morgan fingerprint density at radius 3 is 3.11 bits per heavy atom. The zero-order valence-electron chi connectivity index (χ0n) is 10.6. The van der Waals surface area contributed by atoms with Gasteiger partial charge in [0.2, 0.25) is 0 Å². The molecule has 1 aliphatic rings. The highest BCUT2D eigenvalue weighted by Crippen LogP contribution is 2.23. The lowest BCUT2D eigenvalue weighted by Crippen LogP contribution is -2.19. The lowest BCUT2D eigenvalue weighted by molar-refractivity contribution is 0.560. The summed E-state index contributed by atoms with van der Waals surface area (Å²) < 4.78 is 2.29. The summed E-state index contributed by atoms with van der Waals surface area (Å²) in [6, 6.07) is 4.50. The van der Waals surface area contributed by atoms with Crippen LogP contribution >= 0.6 is 0 Å². The van der Waals surface area contributed by atoms with Crippen molar-refractivity contribution < 1.29 is 0 Å². The molecule has 1 atom stereocenters. The second-order valence-electron chi connectivity index (χ2n) is 4.85. The molecule has 2 aromatic rings. The highest BCUT2D eigenvalue weighted by atomic mass is 15.1. The minimum absolute atomic E-state index is 0.412. The van der Waals surface area contributed by atoms with Gasteiger partial charge in [0.1, 0.15) is 5.82 Å². The number of pyridine rings is 1. The van der Waals surface area contributed by atoms with E-state index in [1.54, 1.807) is 0 Å². The highest BCUT2D eigenvalue weighted by molar-refractivity contribution is 5.15. The van der Waals surface area contributed by atoms with Crippen LogP contribution in [0.5, 0.6) is 0 Å². The van der Waals surface area contributed by atoms with Crippen LogP contribution in [0.3, 0.4) is 0 Å². The summed E-state index contributed by atoms with van der Waals surface area (Å²) in [6.07, 6.45) is 8.12. The summed E-state index contributed by atoms with van der Waals surface area (Å²) in [7, 11) is 0. The summed E-state index contributed by atoms with van der Waals surface area (Å²) in [5.41, 5.74) is 2.43. The molecule has 18 heavy (non-hydrogen) atoms. The molecule has 1 unspecified atom stereocenters. The standard InChI is InChI=1S/C14H18N4/c1-11-8-17-14(13-5-3-7-16-13)18(11)10-12-4-2-6-15-9-12/h2,4,6,8-9,13,16H,3,5,7,10H2,1H3. The summed E-state index contributed by atoms with van der Waals surface area (Å²) >= 11 is 0. The maximum atomic E-state index is 4.57. The van der Waals surface area contributed by atoms with Gasteiger partial charge in [-0.25, -0.2) is 4.98 Å². The van der Waals surface area contributed by atoms with Gasteiger partial charge in [0.05, 0.1) is 12.6 Å². The lowest BCUT2D eigenvalue weighted by atomic mass is 10.2. The molecule has 0 spiro atoms. The summed E-state index contributed by atoms with van der Waals surface area (Å²) in [5, 5.41) is 3.51. The predicted molar refractivity (Wildman–Crippen MR) is 70.3 cm³/mol. The maximum Gasteiger partial charge on any atom is 0.126 e. The minimum Gasteiger partial charge on any atom is -0.327 e. The van der Waals surface area contributed by atoms with Crippen molar-refractivity contribution in [3.63, 3.8) is 0 Å². The van der Waals surface area contributed by atoms with Crippen LogP contribution in [0.2, 0.25) is 0 Å².